The Hall–Kier alpha value is -1.68. The number of aromatic nitrogens is 1. The van der Waals surface area contributed by atoms with Gasteiger partial charge in [0.25, 0.3) is 5.69 Å². The third-order valence-corrected chi connectivity index (χ3v) is 2.27. The van der Waals surface area contributed by atoms with E-state index in [1.165, 1.54) is 24.5 Å². The van der Waals surface area contributed by atoms with Crippen molar-refractivity contribution in [2.24, 2.45) is 0 Å². The molecule has 1 aromatic heterocycles. The summed E-state index contributed by atoms with van der Waals surface area (Å²) in [6, 6.07) is 4.48. The molecule has 0 unspecified atom stereocenters. The summed E-state index contributed by atoms with van der Waals surface area (Å²) in [5.74, 6) is 0. The van der Waals surface area contributed by atoms with Crippen molar-refractivity contribution in [1.29, 1.82) is 0 Å². The van der Waals surface area contributed by atoms with E-state index in [4.69, 9.17) is 11.6 Å². The molecule has 70 valence electrons. The molecule has 4 nitrogen and oxygen atoms in total. The van der Waals surface area contributed by atoms with Gasteiger partial charge in [0.15, 0.2) is 0 Å². The van der Waals surface area contributed by atoms with Crippen LogP contribution in [0.1, 0.15) is 0 Å². The lowest BCUT2D eigenvalue weighted by atomic mass is 10.1. The van der Waals surface area contributed by atoms with Gasteiger partial charge >= 0.3 is 0 Å². The Bertz CT molecular complexity index is 513. The van der Waals surface area contributed by atoms with Crippen LogP contribution >= 0.6 is 11.6 Å². The molecule has 0 bridgehead atoms. The number of hydrogen-bond donors (Lipinski definition) is 0. The topological polar surface area (TPSA) is 56.0 Å². The molecule has 0 radical (unpaired) electrons. The van der Waals surface area contributed by atoms with Crippen LogP contribution in [0.5, 0.6) is 0 Å². The lowest BCUT2D eigenvalue weighted by Crippen LogP contribution is -1.89. The Morgan fingerprint density at radius 3 is 2.79 bits per heavy atom. The minimum Gasteiger partial charge on any atom is -0.264 e. The average Bonchev–Trinajstić information content (AvgIpc) is 2.18. The average molecular weight is 209 g/mol. The van der Waals surface area contributed by atoms with Gasteiger partial charge in [0.05, 0.1) is 15.3 Å². The van der Waals surface area contributed by atoms with Crippen LogP contribution in [0.25, 0.3) is 10.8 Å². The summed E-state index contributed by atoms with van der Waals surface area (Å²) in [5, 5.41) is 12.3. The maximum atomic E-state index is 10.7. The maximum absolute atomic E-state index is 10.7. The minimum absolute atomic E-state index is 0.0480. The van der Waals surface area contributed by atoms with Gasteiger partial charge in [-0.1, -0.05) is 11.6 Å². The highest BCUT2D eigenvalue weighted by atomic mass is 35.5. The lowest BCUT2D eigenvalue weighted by molar-refractivity contribution is -0.383. The molecule has 0 aliphatic rings. The van der Waals surface area contributed by atoms with Crippen LogP contribution in [0.15, 0.2) is 30.6 Å². The predicted molar refractivity (Wildman–Crippen MR) is 53.4 cm³/mol. The van der Waals surface area contributed by atoms with Crippen LogP contribution in [0.3, 0.4) is 0 Å². The van der Waals surface area contributed by atoms with E-state index in [-0.39, 0.29) is 5.69 Å². The van der Waals surface area contributed by atoms with Crippen molar-refractivity contribution < 1.29 is 4.92 Å². The number of halogens is 1. The molecule has 0 saturated carbocycles. The Morgan fingerprint density at radius 1 is 1.29 bits per heavy atom. The third-order valence-electron chi connectivity index (χ3n) is 1.94. The highest BCUT2D eigenvalue weighted by molar-refractivity contribution is 6.35. The van der Waals surface area contributed by atoms with E-state index in [9.17, 15) is 10.1 Å². The van der Waals surface area contributed by atoms with Crippen molar-refractivity contribution in [2.45, 2.75) is 0 Å². The molecule has 0 aliphatic carbocycles. The Morgan fingerprint density at radius 2 is 2.07 bits per heavy atom. The van der Waals surface area contributed by atoms with Crippen molar-refractivity contribution >= 4 is 28.1 Å². The summed E-state index contributed by atoms with van der Waals surface area (Å²) >= 11 is 5.87. The summed E-state index contributed by atoms with van der Waals surface area (Å²) in [6.07, 6.45) is 3.02. The number of benzene rings is 1. The van der Waals surface area contributed by atoms with Gasteiger partial charge in [0.2, 0.25) is 0 Å². The van der Waals surface area contributed by atoms with Gasteiger partial charge in [-0.05, 0) is 12.1 Å². The molecule has 2 rings (SSSR count). The first-order valence-corrected chi connectivity index (χ1v) is 4.24. The van der Waals surface area contributed by atoms with Crippen LogP contribution in [-0.2, 0) is 0 Å². The molecule has 1 heterocycles. The highest BCUT2D eigenvalue weighted by Gasteiger charge is 2.12. The summed E-state index contributed by atoms with van der Waals surface area (Å²) < 4.78 is 0. The second-order valence-corrected chi connectivity index (χ2v) is 3.15. The van der Waals surface area contributed by atoms with Gasteiger partial charge in [0.1, 0.15) is 0 Å². The second kappa shape index (κ2) is 3.23. The van der Waals surface area contributed by atoms with Gasteiger partial charge in [-0.3, -0.25) is 15.1 Å². The van der Waals surface area contributed by atoms with Crippen molar-refractivity contribution in [1.82, 2.24) is 4.98 Å². The quantitative estimate of drug-likeness (QED) is 0.535. The standard InChI is InChI=1S/C9H5ClN2O2/c10-8-1-2-9(12(13)14)6-3-4-11-5-7(6)8/h1-5H. The molecule has 0 saturated heterocycles. The number of fused-ring (bicyclic) bond motifs is 1. The van der Waals surface area contributed by atoms with E-state index in [0.29, 0.717) is 15.8 Å². The van der Waals surface area contributed by atoms with Crippen LogP contribution in [0.2, 0.25) is 5.02 Å². The van der Waals surface area contributed by atoms with Gasteiger partial charge in [-0.25, -0.2) is 0 Å². The van der Waals surface area contributed by atoms with Gasteiger partial charge in [0, 0.05) is 23.8 Å². The first-order chi connectivity index (χ1) is 6.70. The van der Waals surface area contributed by atoms with E-state index in [0.717, 1.165) is 0 Å². The normalized spacial score (nSPS) is 10.4. The molecule has 0 amide bonds. The lowest BCUT2D eigenvalue weighted by Gasteiger charge is -1.99. The maximum Gasteiger partial charge on any atom is 0.277 e. The largest absolute Gasteiger partial charge is 0.277 e. The van der Waals surface area contributed by atoms with Crippen molar-refractivity contribution in [3.63, 3.8) is 0 Å². The van der Waals surface area contributed by atoms with Gasteiger partial charge < -0.3 is 0 Å². The number of nitro groups is 1. The monoisotopic (exact) mass is 208 g/mol. The zero-order chi connectivity index (χ0) is 10.1. The number of nitrogens with zero attached hydrogens (tertiary/aromatic N) is 2. The van der Waals surface area contributed by atoms with Crippen LogP contribution in [-0.4, -0.2) is 9.91 Å². The van der Waals surface area contributed by atoms with E-state index in [1.54, 1.807) is 6.07 Å². The zero-order valence-corrected chi connectivity index (χ0v) is 7.73. The van der Waals surface area contributed by atoms with Crippen molar-refractivity contribution in [2.75, 3.05) is 0 Å². The molecule has 1 aromatic carbocycles. The molecular weight excluding hydrogens is 204 g/mol. The number of hydrogen-bond acceptors (Lipinski definition) is 3. The number of non-ortho nitro benzene ring substituents is 1. The molecule has 0 aliphatic heterocycles. The fraction of sp³-hybridized carbons (Fsp3) is 0. The molecular formula is C9H5ClN2O2. The summed E-state index contributed by atoms with van der Waals surface area (Å²) in [6.45, 7) is 0. The molecule has 0 spiro atoms. The summed E-state index contributed by atoms with van der Waals surface area (Å²) in [5.41, 5.74) is 0.0480. The number of rotatable bonds is 1. The molecule has 0 N–H and O–H groups in total. The molecule has 5 heteroatoms. The SMILES string of the molecule is O=[N+]([O-])c1ccc(Cl)c2cnccc12. The Balaban J connectivity index is 2.88. The van der Waals surface area contributed by atoms with Gasteiger partial charge in [-0.2, -0.15) is 0 Å². The Kier molecular flexibility index (Phi) is 2.05. The van der Waals surface area contributed by atoms with Crippen molar-refractivity contribution in [3.8, 4) is 0 Å². The fourth-order valence-corrected chi connectivity index (χ4v) is 1.51. The second-order valence-electron chi connectivity index (χ2n) is 2.74. The van der Waals surface area contributed by atoms with E-state index < -0.39 is 4.92 Å². The fourth-order valence-electron chi connectivity index (χ4n) is 1.30. The molecule has 2 aromatic rings. The molecule has 0 fully saturated rings. The first-order valence-electron chi connectivity index (χ1n) is 3.87. The number of nitro benzene ring substituents is 1. The zero-order valence-electron chi connectivity index (χ0n) is 6.98. The van der Waals surface area contributed by atoms with E-state index >= 15 is 0 Å². The Labute approximate surface area is 84.3 Å². The van der Waals surface area contributed by atoms with Crippen molar-refractivity contribution in [3.05, 3.63) is 45.7 Å². The number of pyridine rings is 1. The molecule has 0 atom stereocenters. The minimum atomic E-state index is -0.432. The van der Waals surface area contributed by atoms with Crippen LogP contribution in [0, 0.1) is 10.1 Å². The smallest absolute Gasteiger partial charge is 0.264 e. The third kappa shape index (κ3) is 1.29. The summed E-state index contributed by atoms with van der Waals surface area (Å²) in [4.78, 5) is 14.1. The van der Waals surface area contributed by atoms with Crippen LogP contribution < -0.4 is 0 Å². The first kappa shape index (κ1) is 8.90. The summed E-state index contributed by atoms with van der Waals surface area (Å²) in [7, 11) is 0. The van der Waals surface area contributed by atoms with E-state index in [2.05, 4.69) is 4.98 Å². The predicted octanol–water partition coefficient (Wildman–Crippen LogP) is 2.80. The van der Waals surface area contributed by atoms with Crippen LogP contribution in [0.4, 0.5) is 5.69 Å². The highest BCUT2D eigenvalue weighted by Crippen LogP contribution is 2.29. The van der Waals surface area contributed by atoms with Gasteiger partial charge in [-0.15, -0.1) is 0 Å². The molecule has 14 heavy (non-hydrogen) atoms. The van der Waals surface area contributed by atoms with E-state index in [1.807, 2.05) is 0 Å².